The molecular weight excluding hydrogens is 278 g/mol. The van der Waals surface area contributed by atoms with Gasteiger partial charge in [0, 0.05) is 11.7 Å². The molecule has 5 nitrogen and oxygen atoms in total. The van der Waals surface area contributed by atoms with Crippen LogP contribution in [0.25, 0.3) is 0 Å². The van der Waals surface area contributed by atoms with Crippen molar-refractivity contribution in [2.24, 2.45) is 5.41 Å². The Morgan fingerprint density at radius 2 is 1.95 bits per heavy atom. The average Bonchev–Trinajstić information content (AvgIpc) is 3.11. The number of nitriles is 1. The molecule has 0 amide bonds. The first-order chi connectivity index (χ1) is 9.31. The van der Waals surface area contributed by atoms with E-state index in [0.29, 0.717) is 5.56 Å². The summed E-state index contributed by atoms with van der Waals surface area (Å²) in [5.41, 5.74) is -0.284. The summed E-state index contributed by atoms with van der Waals surface area (Å²) in [4.78, 5) is 11.5. The van der Waals surface area contributed by atoms with Crippen LogP contribution in [0.2, 0.25) is 0 Å². The predicted octanol–water partition coefficient (Wildman–Crippen LogP) is 1.49. The first-order valence-corrected chi connectivity index (χ1v) is 7.95. The molecule has 1 aromatic rings. The van der Waals surface area contributed by atoms with Crippen LogP contribution >= 0.6 is 0 Å². The number of rotatable bonds is 4. The minimum Gasteiger partial charge on any atom is -0.480 e. The van der Waals surface area contributed by atoms with Crippen molar-refractivity contribution < 1.29 is 18.3 Å². The highest BCUT2D eigenvalue weighted by molar-refractivity contribution is 7.92. The molecule has 0 saturated heterocycles. The van der Waals surface area contributed by atoms with Gasteiger partial charge in [0.05, 0.1) is 6.07 Å². The van der Waals surface area contributed by atoms with Crippen molar-refractivity contribution in [2.75, 3.05) is 5.75 Å². The SMILES string of the molecule is CCS(=O)(=O)[C@@H]1[C@@H](c2ccc(C)cc2)[C@]1(C#N)C(=O)O. The summed E-state index contributed by atoms with van der Waals surface area (Å²) in [5.74, 6) is -2.33. The van der Waals surface area contributed by atoms with Gasteiger partial charge < -0.3 is 5.11 Å². The van der Waals surface area contributed by atoms with Gasteiger partial charge in [0.1, 0.15) is 5.25 Å². The van der Waals surface area contributed by atoms with Crippen molar-refractivity contribution in [1.82, 2.24) is 0 Å². The summed E-state index contributed by atoms with van der Waals surface area (Å²) < 4.78 is 24.2. The van der Waals surface area contributed by atoms with Crippen molar-refractivity contribution in [2.45, 2.75) is 25.0 Å². The molecule has 0 aliphatic heterocycles. The van der Waals surface area contributed by atoms with Crippen molar-refractivity contribution in [3.8, 4) is 6.07 Å². The summed E-state index contributed by atoms with van der Waals surface area (Å²) in [6.45, 7) is 3.34. The van der Waals surface area contributed by atoms with Gasteiger partial charge in [-0.3, -0.25) is 4.79 Å². The number of benzene rings is 1. The summed E-state index contributed by atoms with van der Waals surface area (Å²) >= 11 is 0. The standard InChI is InChI=1S/C14H15NO4S/c1-3-20(18,19)12-11(14(12,8-15)13(16)17)10-6-4-9(2)5-7-10/h4-7,11-12H,3H2,1-2H3,(H,16,17)/t11-,12-,14+/m1/s1. The number of carboxylic acid groups (broad SMARTS) is 1. The van der Waals surface area contributed by atoms with Gasteiger partial charge in [0.2, 0.25) is 0 Å². The van der Waals surface area contributed by atoms with Crippen molar-refractivity contribution in [1.29, 1.82) is 5.26 Å². The maximum Gasteiger partial charge on any atom is 0.326 e. The zero-order chi connectivity index (χ0) is 15.1. The number of carboxylic acids is 1. The molecule has 1 N–H and O–H groups in total. The first-order valence-electron chi connectivity index (χ1n) is 6.24. The molecule has 0 aromatic heterocycles. The van der Waals surface area contributed by atoms with Gasteiger partial charge in [-0.25, -0.2) is 8.42 Å². The lowest BCUT2D eigenvalue weighted by Crippen LogP contribution is -2.23. The molecule has 1 fully saturated rings. The fraction of sp³-hybridized carbons (Fsp3) is 0.429. The Kier molecular flexibility index (Phi) is 3.34. The Morgan fingerprint density at radius 1 is 1.40 bits per heavy atom. The Bertz CT molecular complexity index is 687. The molecule has 20 heavy (non-hydrogen) atoms. The monoisotopic (exact) mass is 293 g/mol. The van der Waals surface area contributed by atoms with E-state index in [4.69, 9.17) is 0 Å². The molecule has 1 aliphatic carbocycles. The van der Waals surface area contributed by atoms with Crippen LogP contribution in [0.1, 0.15) is 24.0 Å². The smallest absolute Gasteiger partial charge is 0.326 e. The highest BCUT2D eigenvalue weighted by atomic mass is 32.2. The molecule has 0 heterocycles. The third kappa shape index (κ3) is 1.90. The van der Waals surface area contributed by atoms with Gasteiger partial charge in [-0.05, 0) is 12.5 Å². The Balaban J connectivity index is 2.54. The second kappa shape index (κ2) is 4.60. The van der Waals surface area contributed by atoms with Crippen LogP contribution in [0.3, 0.4) is 0 Å². The third-order valence-electron chi connectivity index (χ3n) is 3.90. The highest BCUT2D eigenvalue weighted by Crippen LogP contribution is 2.63. The van der Waals surface area contributed by atoms with Gasteiger partial charge >= 0.3 is 5.97 Å². The van der Waals surface area contributed by atoms with Crippen LogP contribution in [0.4, 0.5) is 0 Å². The number of hydrogen-bond donors (Lipinski definition) is 1. The van der Waals surface area contributed by atoms with Gasteiger partial charge in [0.15, 0.2) is 15.3 Å². The number of hydrogen-bond acceptors (Lipinski definition) is 4. The molecule has 1 aromatic carbocycles. The van der Waals surface area contributed by atoms with E-state index in [9.17, 15) is 23.6 Å². The fourth-order valence-corrected chi connectivity index (χ4v) is 4.61. The van der Waals surface area contributed by atoms with Crippen molar-refractivity contribution in [3.63, 3.8) is 0 Å². The minimum absolute atomic E-state index is 0.170. The molecule has 0 spiro atoms. The van der Waals surface area contributed by atoms with E-state index in [0.717, 1.165) is 5.56 Å². The zero-order valence-electron chi connectivity index (χ0n) is 11.2. The van der Waals surface area contributed by atoms with Crippen molar-refractivity contribution >= 4 is 15.8 Å². The van der Waals surface area contributed by atoms with Crippen molar-refractivity contribution in [3.05, 3.63) is 35.4 Å². The largest absolute Gasteiger partial charge is 0.480 e. The van der Waals surface area contributed by atoms with Gasteiger partial charge in [-0.2, -0.15) is 5.26 Å². The third-order valence-corrected chi connectivity index (χ3v) is 6.12. The van der Waals surface area contributed by atoms with E-state index in [2.05, 4.69) is 0 Å². The van der Waals surface area contributed by atoms with Gasteiger partial charge in [-0.15, -0.1) is 0 Å². The maximum atomic E-state index is 12.1. The van der Waals surface area contributed by atoms with Crippen LogP contribution in [0, 0.1) is 23.7 Å². The summed E-state index contributed by atoms with van der Waals surface area (Å²) in [6, 6.07) is 8.69. The summed E-state index contributed by atoms with van der Waals surface area (Å²) in [7, 11) is -3.60. The number of carbonyl (C=O) groups is 1. The molecule has 0 radical (unpaired) electrons. The van der Waals surface area contributed by atoms with Crippen LogP contribution in [0.15, 0.2) is 24.3 Å². The highest BCUT2D eigenvalue weighted by Gasteiger charge is 2.76. The lowest BCUT2D eigenvalue weighted by atomic mass is 10.00. The van der Waals surface area contributed by atoms with Crippen LogP contribution < -0.4 is 0 Å². The maximum absolute atomic E-state index is 12.1. The Labute approximate surface area is 117 Å². The average molecular weight is 293 g/mol. The number of nitrogens with zero attached hydrogens (tertiary/aromatic N) is 1. The normalized spacial score (nSPS) is 28.6. The van der Waals surface area contributed by atoms with Gasteiger partial charge in [0.25, 0.3) is 0 Å². The molecule has 1 saturated carbocycles. The number of aryl methyl sites for hydroxylation is 1. The topological polar surface area (TPSA) is 95.2 Å². The molecule has 2 rings (SSSR count). The number of sulfone groups is 1. The van der Waals surface area contributed by atoms with E-state index in [1.165, 1.54) is 6.92 Å². The molecule has 3 atom stereocenters. The molecule has 0 unspecified atom stereocenters. The van der Waals surface area contributed by atoms with E-state index >= 15 is 0 Å². The quantitative estimate of drug-likeness (QED) is 0.907. The Morgan fingerprint density at radius 3 is 2.35 bits per heavy atom. The minimum atomic E-state index is -3.60. The van der Waals surface area contributed by atoms with E-state index in [1.54, 1.807) is 30.3 Å². The van der Waals surface area contributed by atoms with E-state index in [-0.39, 0.29) is 5.75 Å². The van der Waals surface area contributed by atoms with E-state index < -0.39 is 32.4 Å². The molecule has 6 heteroatoms. The second-order valence-electron chi connectivity index (χ2n) is 5.05. The molecule has 106 valence electrons. The fourth-order valence-electron chi connectivity index (χ4n) is 2.67. The first kappa shape index (κ1) is 14.5. The van der Waals surface area contributed by atoms with Crippen LogP contribution in [0.5, 0.6) is 0 Å². The molecular formula is C14H15NO4S. The predicted molar refractivity (Wildman–Crippen MR) is 72.9 cm³/mol. The lowest BCUT2D eigenvalue weighted by molar-refractivity contribution is -0.141. The second-order valence-corrected chi connectivity index (χ2v) is 7.46. The lowest BCUT2D eigenvalue weighted by Gasteiger charge is -2.02. The summed E-state index contributed by atoms with van der Waals surface area (Å²) in [6.07, 6.45) is 0. The summed E-state index contributed by atoms with van der Waals surface area (Å²) in [5, 5.41) is 17.4. The number of aliphatic carboxylic acids is 1. The molecule has 0 bridgehead atoms. The van der Waals surface area contributed by atoms with E-state index in [1.807, 2.05) is 6.92 Å². The Hall–Kier alpha value is -1.87. The van der Waals surface area contributed by atoms with Crippen LogP contribution in [-0.2, 0) is 14.6 Å². The zero-order valence-corrected chi connectivity index (χ0v) is 12.0. The van der Waals surface area contributed by atoms with Crippen LogP contribution in [-0.4, -0.2) is 30.5 Å². The molecule has 1 aliphatic rings. The van der Waals surface area contributed by atoms with Gasteiger partial charge in [-0.1, -0.05) is 36.8 Å².